The Kier molecular flexibility index (Phi) is 6.42. The largest absolute Gasteiger partial charge is 0.494 e. The molecular formula is C19H28N2O4. The highest BCUT2D eigenvalue weighted by Gasteiger charge is 2.44. The molecule has 138 valence electrons. The molecule has 0 spiro atoms. The fourth-order valence-corrected chi connectivity index (χ4v) is 3.14. The highest BCUT2D eigenvalue weighted by atomic mass is 16.5. The minimum atomic E-state index is -0.924. The maximum Gasteiger partial charge on any atom is 0.309 e. The van der Waals surface area contributed by atoms with Gasteiger partial charge in [0.2, 0.25) is 5.91 Å². The van der Waals surface area contributed by atoms with Crippen molar-refractivity contribution in [3.05, 3.63) is 29.8 Å². The molecular weight excluding hydrogens is 320 g/mol. The van der Waals surface area contributed by atoms with Crippen molar-refractivity contribution in [1.82, 2.24) is 9.80 Å². The topological polar surface area (TPSA) is 70.1 Å². The van der Waals surface area contributed by atoms with Crippen LogP contribution in [-0.2, 0) is 9.59 Å². The summed E-state index contributed by atoms with van der Waals surface area (Å²) < 4.78 is 5.45. The fraction of sp³-hybridized carbons (Fsp3) is 0.579. The molecule has 2 atom stereocenters. The Balaban J connectivity index is 2.23. The van der Waals surface area contributed by atoms with Gasteiger partial charge in [-0.05, 0) is 45.5 Å². The number of ether oxygens (including phenoxy) is 1. The fourth-order valence-electron chi connectivity index (χ4n) is 3.14. The van der Waals surface area contributed by atoms with E-state index in [9.17, 15) is 14.7 Å². The molecule has 1 aliphatic rings. The van der Waals surface area contributed by atoms with Crippen molar-refractivity contribution in [3.8, 4) is 5.75 Å². The second kappa shape index (κ2) is 8.34. The van der Waals surface area contributed by atoms with E-state index in [1.54, 1.807) is 4.90 Å². The van der Waals surface area contributed by atoms with Crippen LogP contribution in [0.5, 0.6) is 5.75 Å². The van der Waals surface area contributed by atoms with Gasteiger partial charge in [0.15, 0.2) is 0 Å². The molecule has 6 heteroatoms. The number of hydrogen-bond acceptors (Lipinski definition) is 4. The summed E-state index contributed by atoms with van der Waals surface area (Å²) in [5, 5.41) is 9.57. The third-order valence-corrected chi connectivity index (χ3v) is 4.86. The van der Waals surface area contributed by atoms with Gasteiger partial charge in [0.05, 0.1) is 18.6 Å². The van der Waals surface area contributed by atoms with E-state index in [0.29, 0.717) is 25.7 Å². The van der Waals surface area contributed by atoms with E-state index in [0.717, 1.165) is 11.3 Å². The molecule has 2 unspecified atom stereocenters. The van der Waals surface area contributed by atoms with E-state index >= 15 is 0 Å². The van der Waals surface area contributed by atoms with Crippen LogP contribution in [0.4, 0.5) is 0 Å². The number of amides is 1. The number of nitrogens with zero attached hydrogens (tertiary/aromatic N) is 2. The molecule has 0 aromatic heterocycles. The first kappa shape index (κ1) is 19.2. The lowest BCUT2D eigenvalue weighted by molar-refractivity contribution is -0.142. The molecule has 1 aromatic rings. The molecule has 0 aliphatic carbocycles. The van der Waals surface area contributed by atoms with E-state index in [4.69, 9.17) is 4.74 Å². The minimum Gasteiger partial charge on any atom is -0.494 e. The monoisotopic (exact) mass is 348 g/mol. The van der Waals surface area contributed by atoms with Crippen molar-refractivity contribution < 1.29 is 19.4 Å². The number of carbonyl (C=O) groups excluding carboxylic acids is 1. The van der Waals surface area contributed by atoms with Gasteiger partial charge in [-0.25, -0.2) is 0 Å². The highest BCUT2D eigenvalue weighted by Crippen LogP contribution is 2.38. The Morgan fingerprint density at radius 2 is 2.00 bits per heavy atom. The van der Waals surface area contributed by atoms with Crippen molar-refractivity contribution in [2.45, 2.75) is 39.3 Å². The Labute approximate surface area is 149 Å². The normalized spacial score (nSPS) is 20.6. The number of carboxylic acid groups (broad SMARTS) is 1. The Bertz CT molecular complexity index is 600. The van der Waals surface area contributed by atoms with Gasteiger partial charge in [-0.3, -0.25) is 9.59 Å². The number of likely N-dealkylation sites (N-methyl/N-ethyl adjacent to an activating group) is 1. The van der Waals surface area contributed by atoms with Gasteiger partial charge in [-0.2, -0.15) is 0 Å². The number of carbonyl (C=O) groups is 2. The SMILES string of the molecule is CCOc1ccc(C2C(C(=O)O)CC(=O)N2CCN(C)C(C)C)cc1. The number of rotatable bonds is 8. The molecule has 2 rings (SSSR count). The van der Waals surface area contributed by atoms with Crippen molar-refractivity contribution in [2.75, 3.05) is 26.7 Å². The average Bonchev–Trinajstić information content (AvgIpc) is 2.90. The van der Waals surface area contributed by atoms with E-state index in [1.165, 1.54) is 0 Å². The van der Waals surface area contributed by atoms with Gasteiger partial charge in [0.1, 0.15) is 5.75 Å². The number of hydrogen-bond donors (Lipinski definition) is 1. The summed E-state index contributed by atoms with van der Waals surface area (Å²) in [6.45, 7) is 7.91. The molecule has 1 heterocycles. The van der Waals surface area contributed by atoms with Crippen LogP contribution in [-0.4, -0.2) is 59.6 Å². The van der Waals surface area contributed by atoms with Crippen molar-refractivity contribution in [1.29, 1.82) is 0 Å². The van der Waals surface area contributed by atoms with E-state index < -0.39 is 17.9 Å². The van der Waals surface area contributed by atoms with Gasteiger partial charge in [-0.1, -0.05) is 12.1 Å². The standard InChI is InChI=1S/C19H28N2O4/c1-5-25-15-8-6-14(7-9-15)18-16(19(23)24)12-17(22)21(18)11-10-20(4)13(2)3/h6-9,13,16,18H,5,10-12H2,1-4H3,(H,23,24). The molecule has 0 radical (unpaired) electrons. The minimum absolute atomic E-state index is 0.0542. The summed E-state index contributed by atoms with van der Waals surface area (Å²) in [5.74, 6) is -0.987. The van der Waals surface area contributed by atoms with E-state index in [2.05, 4.69) is 18.7 Å². The van der Waals surface area contributed by atoms with Crippen molar-refractivity contribution >= 4 is 11.9 Å². The lowest BCUT2D eigenvalue weighted by atomic mass is 9.93. The van der Waals surface area contributed by atoms with Crippen LogP contribution in [0.2, 0.25) is 0 Å². The summed E-state index contributed by atoms with van der Waals surface area (Å²) >= 11 is 0. The third-order valence-electron chi connectivity index (χ3n) is 4.86. The maximum absolute atomic E-state index is 12.4. The summed E-state index contributed by atoms with van der Waals surface area (Å²) in [4.78, 5) is 28.0. The second-order valence-electron chi connectivity index (χ2n) is 6.76. The molecule has 0 bridgehead atoms. The van der Waals surface area contributed by atoms with Crippen molar-refractivity contribution in [2.24, 2.45) is 5.92 Å². The van der Waals surface area contributed by atoms with Crippen LogP contribution in [0, 0.1) is 5.92 Å². The molecule has 1 aromatic carbocycles. The molecule has 0 saturated carbocycles. The van der Waals surface area contributed by atoms with Crippen LogP contribution in [0.1, 0.15) is 38.8 Å². The number of carboxylic acids is 1. The zero-order chi connectivity index (χ0) is 18.6. The highest BCUT2D eigenvalue weighted by molar-refractivity contribution is 5.87. The summed E-state index contributed by atoms with van der Waals surface area (Å²) in [5.41, 5.74) is 0.842. The predicted octanol–water partition coefficient (Wildman–Crippen LogP) is 2.40. The third kappa shape index (κ3) is 4.51. The number of likely N-dealkylation sites (tertiary alicyclic amines) is 1. The first-order chi connectivity index (χ1) is 11.8. The van der Waals surface area contributed by atoms with E-state index in [-0.39, 0.29) is 12.3 Å². The first-order valence-electron chi connectivity index (χ1n) is 8.80. The van der Waals surface area contributed by atoms with Crippen LogP contribution >= 0.6 is 0 Å². The molecule has 1 aliphatic heterocycles. The van der Waals surface area contributed by atoms with Crippen LogP contribution < -0.4 is 4.74 Å². The zero-order valence-corrected chi connectivity index (χ0v) is 15.4. The van der Waals surface area contributed by atoms with Gasteiger partial charge in [-0.15, -0.1) is 0 Å². The molecule has 6 nitrogen and oxygen atoms in total. The zero-order valence-electron chi connectivity index (χ0n) is 15.4. The lowest BCUT2D eigenvalue weighted by Gasteiger charge is -2.30. The van der Waals surface area contributed by atoms with Crippen molar-refractivity contribution in [3.63, 3.8) is 0 Å². The average molecular weight is 348 g/mol. The molecule has 1 amide bonds. The smallest absolute Gasteiger partial charge is 0.309 e. The van der Waals surface area contributed by atoms with Gasteiger partial charge >= 0.3 is 5.97 Å². The Morgan fingerprint density at radius 3 is 2.52 bits per heavy atom. The number of aliphatic carboxylic acids is 1. The molecule has 1 N–H and O–H groups in total. The summed E-state index contributed by atoms with van der Waals surface area (Å²) in [6, 6.07) is 7.34. The lowest BCUT2D eigenvalue weighted by Crippen LogP contribution is -2.39. The molecule has 1 saturated heterocycles. The number of benzene rings is 1. The maximum atomic E-state index is 12.4. The summed E-state index contributed by atoms with van der Waals surface area (Å²) in [7, 11) is 2.01. The molecule has 1 fully saturated rings. The second-order valence-corrected chi connectivity index (χ2v) is 6.76. The van der Waals surface area contributed by atoms with Crippen LogP contribution in [0.15, 0.2) is 24.3 Å². The Morgan fingerprint density at radius 1 is 1.36 bits per heavy atom. The van der Waals surface area contributed by atoms with Crippen LogP contribution in [0.3, 0.4) is 0 Å². The van der Waals surface area contributed by atoms with Crippen LogP contribution in [0.25, 0.3) is 0 Å². The molecule has 25 heavy (non-hydrogen) atoms. The quantitative estimate of drug-likeness (QED) is 0.781. The van der Waals surface area contributed by atoms with Gasteiger partial charge in [0, 0.05) is 25.6 Å². The van der Waals surface area contributed by atoms with E-state index in [1.807, 2.05) is 38.2 Å². The predicted molar refractivity (Wildman–Crippen MR) is 95.6 cm³/mol. The Hall–Kier alpha value is -2.08. The first-order valence-corrected chi connectivity index (χ1v) is 8.80. The summed E-state index contributed by atoms with van der Waals surface area (Å²) in [6.07, 6.45) is 0.0542. The van der Waals surface area contributed by atoms with Gasteiger partial charge < -0.3 is 19.6 Å². The van der Waals surface area contributed by atoms with Gasteiger partial charge in [0.25, 0.3) is 0 Å².